The average molecular weight is 1160 g/mol. The van der Waals surface area contributed by atoms with Gasteiger partial charge in [0, 0.05) is 12.8 Å². The second-order valence-electron chi connectivity index (χ2n) is 22.3. The highest BCUT2D eigenvalue weighted by molar-refractivity contribution is 5.71. The first-order valence-corrected chi connectivity index (χ1v) is 32.8. The van der Waals surface area contributed by atoms with Crippen molar-refractivity contribution in [3.8, 4) is 0 Å². The number of carboxylic acid groups (broad SMARTS) is 1. The summed E-state index contributed by atoms with van der Waals surface area (Å²) >= 11 is 0. The Morgan fingerprint density at radius 2 is 0.679 bits per heavy atom. The lowest BCUT2D eigenvalue weighted by molar-refractivity contribution is -0.870. The van der Waals surface area contributed by atoms with Gasteiger partial charge in [0.2, 0.25) is 0 Å². The van der Waals surface area contributed by atoms with Gasteiger partial charge in [-0.3, -0.25) is 9.59 Å². The number of quaternary nitrogens is 1. The first kappa shape index (κ1) is 78.6. The van der Waals surface area contributed by atoms with E-state index in [9.17, 15) is 19.5 Å². The van der Waals surface area contributed by atoms with Crippen LogP contribution in [0, 0.1) is 0 Å². The van der Waals surface area contributed by atoms with E-state index in [0.717, 1.165) is 141 Å². The first-order chi connectivity index (χ1) is 41.1. The fraction of sp³-hybridized carbons (Fsp3) is 0.587. The lowest BCUT2D eigenvalue weighted by Crippen LogP contribution is -2.40. The zero-order valence-electron chi connectivity index (χ0n) is 53.7. The number of hydrogen-bond donors (Lipinski definition) is 1. The number of hydrogen-bond acceptors (Lipinski definition) is 7. The normalized spacial score (nSPS) is 13.9. The monoisotopic (exact) mass is 1160 g/mol. The Kier molecular flexibility index (Phi) is 59.6. The molecule has 0 bridgehead atoms. The van der Waals surface area contributed by atoms with Crippen LogP contribution in [0.25, 0.3) is 0 Å². The van der Waals surface area contributed by atoms with Crippen LogP contribution in [0.3, 0.4) is 0 Å². The highest BCUT2D eigenvalue weighted by Crippen LogP contribution is 2.13. The average Bonchev–Trinajstić information content (AvgIpc) is 3.52. The van der Waals surface area contributed by atoms with Gasteiger partial charge in [-0.25, -0.2) is 4.79 Å². The summed E-state index contributed by atoms with van der Waals surface area (Å²) in [5, 5.41) is 9.72. The van der Waals surface area contributed by atoms with Crippen LogP contribution in [0.4, 0.5) is 0 Å². The third-order valence-corrected chi connectivity index (χ3v) is 13.2. The number of aliphatic carboxylic acids is 1. The molecule has 0 heterocycles. The molecule has 0 aromatic heterocycles. The van der Waals surface area contributed by atoms with Crippen LogP contribution in [0.5, 0.6) is 0 Å². The van der Waals surface area contributed by atoms with E-state index in [4.69, 9.17) is 18.9 Å². The van der Waals surface area contributed by atoms with E-state index in [0.29, 0.717) is 17.4 Å². The van der Waals surface area contributed by atoms with Crippen molar-refractivity contribution < 1.29 is 42.9 Å². The molecule has 0 radical (unpaired) electrons. The second-order valence-corrected chi connectivity index (χ2v) is 22.3. The van der Waals surface area contributed by atoms with Crippen molar-refractivity contribution in [3.05, 3.63) is 170 Å². The molecule has 1 N–H and O–H groups in total. The molecule has 9 nitrogen and oxygen atoms in total. The number of likely N-dealkylation sites (N-methyl/N-ethyl adjacent to an activating group) is 1. The minimum atomic E-state index is -1.53. The van der Waals surface area contributed by atoms with Crippen molar-refractivity contribution in [2.75, 3.05) is 47.5 Å². The van der Waals surface area contributed by atoms with E-state index in [1.165, 1.54) is 51.4 Å². The van der Waals surface area contributed by atoms with Crippen LogP contribution in [0.2, 0.25) is 0 Å². The van der Waals surface area contributed by atoms with Gasteiger partial charge in [0.05, 0.1) is 34.4 Å². The highest BCUT2D eigenvalue weighted by Gasteiger charge is 2.25. The summed E-state index contributed by atoms with van der Waals surface area (Å²) in [4.78, 5) is 37.5. The molecular formula is C75H120NO8+. The Bertz CT molecular complexity index is 1980. The molecule has 472 valence electrons. The number of ether oxygens (including phenoxy) is 4. The molecule has 2 atom stereocenters. The van der Waals surface area contributed by atoms with Gasteiger partial charge in [-0.15, -0.1) is 0 Å². The molecule has 0 rings (SSSR count). The predicted molar refractivity (Wildman–Crippen MR) is 359 cm³/mol. The van der Waals surface area contributed by atoms with Crippen molar-refractivity contribution in [1.29, 1.82) is 0 Å². The molecule has 0 saturated carbocycles. The van der Waals surface area contributed by atoms with Gasteiger partial charge in [0.15, 0.2) is 6.10 Å². The number of allylic oxidation sites excluding steroid dienone is 28. The van der Waals surface area contributed by atoms with Crippen LogP contribution < -0.4 is 0 Å². The van der Waals surface area contributed by atoms with E-state index in [1.54, 1.807) is 0 Å². The van der Waals surface area contributed by atoms with Gasteiger partial charge < -0.3 is 28.5 Å². The summed E-state index contributed by atoms with van der Waals surface area (Å²) in [5.41, 5.74) is 0. The zero-order chi connectivity index (χ0) is 61.2. The molecule has 0 spiro atoms. The number of carbonyl (C=O) groups is 3. The van der Waals surface area contributed by atoms with Crippen molar-refractivity contribution in [2.45, 2.75) is 238 Å². The van der Waals surface area contributed by atoms with Crippen molar-refractivity contribution in [2.24, 2.45) is 0 Å². The zero-order valence-corrected chi connectivity index (χ0v) is 53.7. The topological polar surface area (TPSA) is 108 Å². The smallest absolute Gasteiger partial charge is 0.361 e. The second kappa shape index (κ2) is 63.7. The predicted octanol–water partition coefficient (Wildman–Crippen LogP) is 20.3. The van der Waals surface area contributed by atoms with Gasteiger partial charge in [-0.05, 0) is 135 Å². The van der Waals surface area contributed by atoms with Crippen molar-refractivity contribution in [1.82, 2.24) is 0 Å². The molecule has 0 aliphatic rings. The molecule has 0 saturated heterocycles. The van der Waals surface area contributed by atoms with Crippen LogP contribution in [-0.4, -0.2) is 87.4 Å². The summed E-state index contributed by atoms with van der Waals surface area (Å²) in [5.74, 6) is -2.07. The van der Waals surface area contributed by atoms with E-state index in [2.05, 4.69) is 184 Å². The minimum Gasteiger partial charge on any atom is -0.477 e. The summed E-state index contributed by atoms with van der Waals surface area (Å²) in [6, 6.07) is 0. The van der Waals surface area contributed by atoms with Crippen LogP contribution in [0.15, 0.2) is 170 Å². The maximum Gasteiger partial charge on any atom is 0.361 e. The molecule has 0 amide bonds. The van der Waals surface area contributed by atoms with Crippen molar-refractivity contribution in [3.63, 3.8) is 0 Å². The summed E-state index contributed by atoms with van der Waals surface area (Å²) in [6.45, 7) is 4.68. The Hall–Kier alpha value is -5.35. The van der Waals surface area contributed by atoms with E-state index in [1.807, 2.05) is 21.1 Å². The molecular weight excluding hydrogens is 1040 g/mol. The van der Waals surface area contributed by atoms with Gasteiger partial charge in [0.25, 0.3) is 6.29 Å². The SMILES string of the molecule is CC/C=C\C/C=C\C/C=C\C/C=C\C/C=C\C/C=C\C/C=C\C/C=C\C/C=C\C/C=C\C/C=C\C/C=C\CCCCCCC(=O)OC(COC(=O)CCCCCCCCC/C=C\C/C=C\CCCCCC)COC(OCC[N+](C)(C)C)C(=O)O. The molecule has 0 aliphatic heterocycles. The Labute approximate surface area is 514 Å². The third kappa shape index (κ3) is 64.2. The quantitative estimate of drug-likeness (QED) is 0.0211. The fourth-order valence-corrected chi connectivity index (χ4v) is 8.20. The molecule has 0 fully saturated rings. The number of unbranched alkanes of at least 4 members (excludes halogenated alkanes) is 15. The maximum atomic E-state index is 12.9. The molecule has 0 aromatic rings. The summed E-state index contributed by atoms with van der Waals surface area (Å²) in [6.07, 6.45) is 93.1. The standard InChI is InChI=1S/C75H119NO8/c1-6-8-10-12-14-16-18-20-22-24-26-27-28-29-30-31-32-33-34-35-36-37-38-39-40-41-42-43-44-45-46-47-48-50-52-54-56-58-60-62-64-66-73(78)84-71(70-83-75(74(79)80)81-68-67-76(3,4)5)69-82-72(77)65-63-61-59-57-55-53-51-49-25-23-21-19-17-15-13-11-9-7-2/h8,10,14,16-17,19-20,22-23,25-27,29-30,32-33,35-36,38-39,41-42,44-45,47-48,52,54,71,75H,6-7,9,11-13,15,18,21,24,28,31,34,37,40,43,46,49-51,53,55-70H2,1-5H3/p+1/b10-8-,16-14-,19-17-,22-20-,25-23-,27-26-,30-29-,33-32-,36-35-,39-38-,42-41-,45-44-,48-47-,54-52-. The molecule has 84 heavy (non-hydrogen) atoms. The largest absolute Gasteiger partial charge is 0.477 e. The van der Waals surface area contributed by atoms with E-state index >= 15 is 0 Å². The molecule has 0 aliphatic carbocycles. The Balaban J connectivity index is 4.26. The minimum absolute atomic E-state index is 0.172. The number of carboxylic acids is 1. The first-order valence-electron chi connectivity index (χ1n) is 32.8. The Morgan fingerprint density at radius 3 is 1.01 bits per heavy atom. The molecule has 2 unspecified atom stereocenters. The van der Waals surface area contributed by atoms with Gasteiger partial charge in [-0.2, -0.15) is 0 Å². The van der Waals surface area contributed by atoms with Crippen LogP contribution >= 0.6 is 0 Å². The van der Waals surface area contributed by atoms with Gasteiger partial charge in [0.1, 0.15) is 13.2 Å². The maximum absolute atomic E-state index is 12.9. The molecule has 0 aromatic carbocycles. The van der Waals surface area contributed by atoms with E-state index < -0.39 is 24.3 Å². The highest BCUT2D eigenvalue weighted by atomic mass is 16.7. The van der Waals surface area contributed by atoms with Gasteiger partial charge >= 0.3 is 17.9 Å². The Morgan fingerprint density at radius 1 is 0.369 bits per heavy atom. The fourth-order valence-electron chi connectivity index (χ4n) is 8.20. The lowest BCUT2D eigenvalue weighted by atomic mass is 10.1. The summed E-state index contributed by atoms with van der Waals surface area (Å²) in [7, 11) is 5.95. The number of nitrogens with zero attached hydrogens (tertiary/aromatic N) is 1. The number of carbonyl (C=O) groups excluding carboxylic acids is 2. The molecule has 9 heteroatoms. The number of rotatable bonds is 58. The third-order valence-electron chi connectivity index (χ3n) is 13.2. The van der Waals surface area contributed by atoms with Crippen LogP contribution in [-0.2, 0) is 33.3 Å². The van der Waals surface area contributed by atoms with Crippen LogP contribution in [0.1, 0.15) is 226 Å². The number of esters is 2. The lowest BCUT2D eigenvalue weighted by Gasteiger charge is -2.25. The van der Waals surface area contributed by atoms with Gasteiger partial charge in [-0.1, -0.05) is 248 Å². The van der Waals surface area contributed by atoms with Crippen molar-refractivity contribution >= 4 is 17.9 Å². The van der Waals surface area contributed by atoms with E-state index in [-0.39, 0.29) is 38.6 Å². The summed E-state index contributed by atoms with van der Waals surface area (Å²) < 4.78 is 22.9.